The lowest BCUT2D eigenvalue weighted by atomic mass is 9.92. The topological polar surface area (TPSA) is 62.3 Å². The molecule has 0 aliphatic rings. The highest BCUT2D eigenvalue weighted by Gasteiger charge is 2.22. The second-order valence-corrected chi connectivity index (χ2v) is 7.41. The Labute approximate surface area is 161 Å². The highest BCUT2D eigenvalue weighted by atomic mass is 16.2. The summed E-state index contributed by atoms with van der Waals surface area (Å²) in [5.41, 5.74) is 3.93. The molecule has 0 aliphatic carbocycles. The fraction of sp³-hybridized carbons (Fsp3) is 0.409. The summed E-state index contributed by atoms with van der Waals surface area (Å²) in [4.78, 5) is 30.6. The molecule has 5 heteroatoms. The van der Waals surface area contributed by atoms with Gasteiger partial charge in [0.05, 0.1) is 0 Å². The lowest BCUT2D eigenvalue weighted by Gasteiger charge is -2.21. The molecule has 27 heavy (non-hydrogen) atoms. The van der Waals surface area contributed by atoms with Crippen LogP contribution in [0.4, 0.5) is 5.69 Å². The molecule has 0 spiro atoms. The number of aromatic nitrogens is 1. The van der Waals surface area contributed by atoms with Crippen LogP contribution < -0.4 is 5.32 Å². The monoisotopic (exact) mass is 367 g/mol. The van der Waals surface area contributed by atoms with Crippen LogP contribution in [0.1, 0.15) is 56.2 Å². The number of nitrogens with one attached hydrogen (secondary N) is 1. The Morgan fingerprint density at radius 3 is 2.07 bits per heavy atom. The van der Waals surface area contributed by atoms with Gasteiger partial charge in [0.2, 0.25) is 0 Å². The zero-order chi connectivity index (χ0) is 20.0. The number of pyridine rings is 1. The van der Waals surface area contributed by atoms with Gasteiger partial charge in [-0.1, -0.05) is 45.9 Å². The molecule has 2 rings (SSSR count). The molecule has 0 bridgehead atoms. The number of benzene rings is 1. The number of hydrogen-bond donors (Lipinski definition) is 1. The van der Waals surface area contributed by atoms with Gasteiger partial charge in [-0.05, 0) is 47.1 Å². The van der Waals surface area contributed by atoms with Gasteiger partial charge in [0, 0.05) is 31.7 Å². The molecule has 0 saturated heterocycles. The Balaban J connectivity index is 2.10. The molecule has 0 aliphatic heterocycles. The molecule has 1 aromatic carbocycles. The van der Waals surface area contributed by atoms with Crippen LogP contribution in [0.15, 0.2) is 42.7 Å². The number of carbonyl (C=O) groups excluding carboxylic acids is 2. The summed E-state index contributed by atoms with van der Waals surface area (Å²) < 4.78 is 0. The summed E-state index contributed by atoms with van der Waals surface area (Å²) in [6, 6.07) is 9.83. The average Bonchev–Trinajstić information content (AvgIpc) is 2.65. The van der Waals surface area contributed by atoms with E-state index in [1.807, 2.05) is 30.3 Å². The van der Waals surface area contributed by atoms with Crippen molar-refractivity contribution < 1.29 is 9.59 Å². The van der Waals surface area contributed by atoms with Crippen LogP contribution in [0.5, 0.6) is 0 Å². The zero-order valence-corrected chi connectivity index (χ0v) is 16.8. The predicted molar refractivity (Wildman–Crippen MR) is 109 cm³/mol. The quantitative estimate of drug-likeness (QED) is 0.786. The molecule has 5 nitrogen and oxygen atoms in total. The molecule has 2 amide bonds. The van der Waals surface area contributed by atoms with E-state index in [0.29, 0.717) is 13.0 Å². The van der Waals surface area contributed by atoms with Crippen LogP contribution in [0.25, 0.3) is 0 Å². The first-order valence-electron chi connectivity index (χ1n) is 9.39. The Kier molecular flexibility index (Phi) is 7.11. The van der Waals surface area contributed by atoms with Crippen molar-refractivity contribution in [2.24, 2.45) is 0 Å². The van der Waals surface area contributed by atoms with Gasteiger partial charge in [-0.25, -0.2) is 0 Å². The summed E-state index contributed by atoms with van der Waals surface area (Å²) in [5, 5.41) is 2.88. The summed E-state index contributed by atoms with van der Waals surface area (Å²) in [7, 11) is 1.65. The van der Waals surface area contributed by atoms with Crippen LogP contribution in [-0.4, -0.2) is 35.3 Å². The predicted octanol–water partition coefficient (Wildman–Crippen LogP) is 3.97. The second-order valence-electron chi connectivity index (χ2n) is 7.41. The molecular weight excluding hydrogens is 338 g/mol. The third kappa shape index (κ3) is 5.39. The molecule has 1 heterocycles. The molecular formula is C22H29N3O2. The van der Waals surface area contributed by atoms with Gasteiger partial charge in [-0.2, -0.15) is 0 Å². The van der Waals surface area contributed by atoms with Gasteiger partial charge < -0.3 is 10.2 Å². The molecule has 144 valence electrons. The Morgan fingerprint density at radius 1 is 1.00 bits per heavy atom. The molecule has 1 N–H and O–H groups in total. The molecule has 1 aromatic heterocycles. The van der Waals surface area contributed by atoms with Gasteiger partial charge in [0.15, 0.2) is 0 Å². The number of rotatable bonds is 6. The lowest BCUT2D eigenvalue weighted by Crippen LogP contribution is -2.38. The first kappa shape index (κ1) is 20.6. The van der Waals surface area contributed by atoms with Gasteiger partial charge in [0.1, 0.15) is 0 Å². The van der Waals surface area contributed by atoms with Crippen molar-refractivity contribution in [2.75, 3.05) is 18.9 Å². The number of amides is 2. The SMILES string of the molecule is CC(C)c1cccc(C(C)C)c1NC(=O)C(=O)N(C)CCc1ccncc1. The van der Waals surface area contributed by atoms with E-state index in [-0.39, 0.29) is 11.8 Å². The van der Waals surface area contributed by atoms with Crippen LogP contribution in [0.2, 0.25) is 0 Å². The minimum atomic E-state index is -0.595. The van der Waals surface area contributed by atoms with E-state index in [9.17, 15) is 9.59 Å². The fourth-order valence-electron chi connectivity index (χ4n) is 2.98. The maximum Gasteiger partial charge on any atom is 0.313 e. The Morgan fingerprint density at radius 2 is 1.56 bits per heavy atom. The summed E-state index contributed by atoms with van der Waals surface area (Å²) in [5.74, 6) is -0.628. The second kappa shape index (κ2) is 9.31. The van der Waals surface area contributed by atoms with Crippen LogP contribution in [0, 0.1) is 0 Å². The fourth-order valence-corrected chi connectivity index (χ4v) is 2.98. The van der Waals surface area contributed by atoms with Crippen LogP contribution in [-0.2, 0) is 16.0 Å². The van der Waals surface area contributed by atoms with Gasteiger partial charge in [-0.15, -0.1) is 0 Å². The highest BCUT2D eigenvalue weighted by molar-refractivity contribution is 6.39. The largest absolute Gasteiger partial charge is 0.337 e. The Hall–Kier alpha value is -2.69. The molecule has 0 radical (unpaired) electrons. The summed E-state index contributed by atoms with van der Waals surface area (Å²) in [6.45, 7) is 8.80. The smallest absolute Gasteiger partial charge is 0.313 e. The molecule has 2 aromatic rings. The molecule has 0 fully saturated rings. The van der Waals surface area contributed by atoms with Crippen molar-refractivity contribution >= 4 is 17.5 Å². The van der Waals surface area contributed by atoms with E-state index in [1.165, 1.54) is 4.90 Å². The van der Waals surface area contributed by atoms with Gasteiger partial charge in [0.25, 0.3) is 0 Å². The summed E-state index contributed by atoms with van der Waals surface area (Å²) >= 11 is 0. The standard InChI is InChI=1S/C22H29N3O2/c1-15(2)18-7-6-8-19(16(3)4)20(18)24-21(26)22(27)25(5)14-11-17-9-12-23-13-10-17/h6-10,12-13,15-16H,11,14H2,1-5H3,(H,24,26). The molecule has 0 atom stereocenters. The van der Waals surface area contributed by atoms with E-state index in [0.717, 1.165) is 22.4 Å². The van der Waals surface area contributed by atoms with E-state index >= 15 is 0 Å². The first-order chi connectivity index (χ1) is 12.8. The van der Waals surface area contributed by atoms with Gasteiger partial charge in [-0.3, -0.25) is 14.6 Å². The van der Waals surface area contributed by atoms with Crippen molar-refractivity contribution in [2.45, 2.75) is 46.0 Å². The summed E-state index contributed by atoms with van der Waals surface area (Å²) in [6.07, 6.45) is 4.12. The van der Waals surface area contributed by atoms with Gasteiger partial charge >= 0.3 is 11.8 Å². The van der Waals surface area contributed by atoms with Crippen molar-refractivity contribution in [3.8, 4) is 0 Å². The van der Waals surface area contributed by atoms with E-state index in [2.05, 4.69) is 38.0 Å². The van der Waals surface area contributed by atoms with Crippen LogP contribution >= 0.6 is 0 Å². The number of anilines is 1. The Bertz CT molecular complexity index is 759. The van der Waals surface area contributed by atoms with E-state index in [4.69, 9.17) is 0 Å². The number of likely N-dealkylation sites (N-methyl/N-ethyl adjacent to an activating group) is 1. The molecule has 0 saturated carbocycles. The number of para-hydroxylation sites is 1. The first-order valence-corrected chi connectivity index (χ1v) is 9.39. The number of hydrogen-bond acceptors (Lipinski definition) is 3. The van der Waals surface area contributed by atoms with Crippen LogP contribution in [0.3, 0.4) is 0 Å². The zero-order valence-electron chi connectivity index (χ0n) is 16.8. The third-order valence-corrected chi connectivity index (χ3v) is 4.64. The van der Waals surface area contributed by atoms with E-state index < -0.39 is 11.8 Å². The minimum Gasteiger partial charge on any atom is -0.337 e. The highest BCUT2D eigenvalue weighted by Crippen LogP contribution is 2.32. The van der Waals surface area contributed by atoms with Crippen molar-refractivity contribution in [1.82, 2.24) is 9.88 Å². The number of nitrogens with zero attached hydrogens (tertiary/aromatic N) is 2. The number of carbonyl (C=O) groups is 2. The maximum absolute atomic E-state index is 12.6. The van der Waals surface area contributed by atoms with E-state index in [1.54, 1.807) is 19.4 Å². The van der Waals surface area contributed by atoms with Crippen molar-refractivity contribution in [3.63, 3.8) is 0 Å². The van der Waals surface area contributed by atoms with Crippen molar-refractivity contribution in [1.29, 1.82) is 0 Å². The minimum absolute atomic E-state index is 0.249. The maximum atomic E-state index is 12.6. The normalized spacial score (nSPS) is 10.9. The third-order valence-electron chi connectivity index (χ3n) is 4.64. The lowest BCUT2D eigenvalue weighted by molar-refractivity contribution is -0.142. The average molecular weight is 367 g/mol. The van der Waals surface area contributed by atoms with Crippen molar-refractivity contribution in [3.05, 3.63) is 59.4 Å². The molecule has 0 unspecified atom stereocenters.